The molecule has 1 aliphatic rings. The molecule has 1 amide bonds. The standard InChI is InChI=1S/C14H14N4O/c19-14(18-10-4-2-1-3-5-10)12-8-16-13(9-15-12)17-11-6-7-11/h1-5,8-9,11H,6-7H2,(H,16,17)(H,18,19). The van der Waals surface area contributed by atoms with Crippen molar-refractivity contribution in [3.8, 4) is 0 Å². The van der Waals surface area contributed by atoms with E-state index in [9.17, 15) is 4.79 Å². The summed E-state index contributed by atoms with van der Waals surface area (Å²) in [6.07, 6.45) is 5.44. The summed E-state index contributed by atoms with van der Waals surface area (Å²) >= 11 is 0. The maximum Gasteiger partial charge on any atom is 0.275 e. The molecule has 1 heterocycles. The van der Waals surface area contributed by atoms with Crippen LogP contribution in [0.15, 0.2) is 42.7 Å². The summed E-state index contributed by atoms with van der Waals surface area (Å²) in [5.74, 6) is 0.468. The van der Waals surface area contributed by atoms with Gasteiger partial charge >= 0.3 is 0 Å². The summed E-state index contributed by atoms with van der Waals surface area (Å²) in [6, 6.07) is 9.81. The molecule has 0 spiro atoms. The number of rotatable bonds is 4. The first kappa shape index (κ1) is 11.6. The second-order valence-corrected chi connectivity index (χ2v) is 4.53. The highest BCUT2D eigenvalue weighted by Crippen LogP contribution is 2.23. The van der Waals surface area contributed by atoms with E-state index in [2.05, 4.69) is 20.6 Å². The van der Waals surface area contributed by atoms with E-state index in [0.29, 0.717) is 11.7 Å². The van der Waals surface area contributed by atoms with Gasteiger partial charge in [0.05, 0.1) is 12.4 Å². The van der Waals surface area contributed by atoms with Crippen LogP contribution >= 0.6 is 0 Å². The number of amides is 1. The number of nitrogens with one attached hydrogen (secondary N) is 2. The summed E-state index contributed by atoms with van der Waals surface area (Å²) < 4.78 is 0. The van der Waals surface area contributed by atoms with Gasteiger partial charge in [-0.1, -0.05) is 18.2 Å². The number of anilines is 2. The first-order valence-corrected chi connectivity index (χ1v) is 6.26. The fraction of sp³-hybridized carbons (Fsp3) is 0.214. The molecule has 0 atom stereocenters. The van der Waals surface area contributed by atoms with E-state index >= 15 is 0 Å². The number of carbonyl (C=O) groups is 1. The largest absolute Gasteiger partial charge is 0.366 e. The van der Waals surface area contributed by atoms with E-state index in [-0.39, 0.29) is 5.91 Å². The lowest BCUT2D eigenvalue weighted by atomic mass is 10.3. The minimum Gasteiger partial charge on any atom is -0.366 e. The lowest BCUT2D eigenvalue weighted by Gasteiger charge is -2.05. The van der Waals surface area contributed by atoms with Crippen molar-refractivity contribution in [3.63, 3.8) is 0 Å². The predicted molar refractivity (Wildman–Crippen MR) is 73.1 cm³/mol. The Morgan fingerprint density at radius 3 is 2.53 bits per heavy atom. The lowest BCUT2D eigenvalue weighted by Crippen LogP contribution is -2.14. The van der Waals surface area contributed by atoms with Crippen molar-refractivity contribution in [2.45, 2.75) is 18.9 Å². The van der Waals surface area contributed by atoms with Gasteiger partial charge in [0.1, 0.15) is 11.5 Å². The van der Waals surface area contributed by atoms with Crippen molar-refractivity contribution in [1.82, 2.24) is 9.97 Å². The first-order chi connectivity index (χ1) is 9.31. The van der Waals surface area contributed by atoms with Crippen LogP contribution in [0.4, 0.5) is 11.5 Å². The molecule has 3 rings (SSSR count). The molecule has 1 aromatic heterocycles. The van der Waals surface area contributed by atoms with Gasteiger partial charge in [0.2, 0.25) is 0 Å². The Bertz CT molecular complexity index is 564. The second-order valence-electron chi connectivity index (χ2n) is 4.53. The zero-order valence-corrected chi connectivity index (χ0v) is 10.3. The van der Waals surface area contributed by atoms with Gasteiger partial charge in [-0.25, -0.2) is 9.97 Å². The van der Waals surface area contributed by atoms with E-state index in [1.165, 1.54) is 19.0 Å². The molecule has 1 aliphatic carbocycles. The molecule has 0 bridgehead atoms. The van der Waals surface area contributed by atoms with Gasteiger partial charge < -0.3 is 10.6 Å². The number of benzene rings is 1. The monoisotopic (exact) mass is 254 g/mol. The fourth-order valence-electron chi connectivity index (χ4n) is 1.67. The van der Waals surface area contributed by atoms with E-state index in [1.807, 2.05) is 30.3 Å². The third-order valence-corrected chi connectivity index (χ3v) is 2.85. The highest BCUT2D eigenvalue weighted by Gasteiger charge is 2.21. The molecule has 1 fully saturated rings. The Morgan fingerprint density at radius 1 is 1.11 bits per heavy atom. The Hall–Kier alpha value is -2.43. The molecular weight excluding hydrogens is 240 g/mol. The maximum absolute atomic E-state index is 11.9. The van der Waals surface area contributed by atoms with Crippen LogP contribution in [-0.2, 0) is 0 Å². The van der Waals surface area contributed by atoms with Crippen LogP contribution in [0.3, 0.4) is 0 Å². The van der Waals surface area contributed by atoms with Gasteiger partial charge in [0, 0.05) is 11.7 Å². The molecule has 5 heteroatoms. The van der Waals surface area contributed by atoms with E-state index in [1.54, 1.807) is 6.20 Å². The summed E-state index contributed by atoms with van der Waals surface area (Å²) in [5, 5.41) is 6.00. The van der Waals surface area contributed by atoms with Crippen LogP contribution in [0.5, 0.6) is 0 Å². The van der Waals surface area contributed by atoms with Crippen LogP contribution in [0.25, 0.3) is 0 Å². The minimum atomic E-state index is -0.253. The second kappa shape index (κ2) is 5.06. The van der Waals surface area contributed by atoms with Gasteiger partial charge in [-0.15, -0.1) is 0 Å². The zero-order chi connectivity index (χ0) is 13.1. The number of carbonyl (C=O) groups excluding carboxylic acids is 1. The normalized spacial score (nSPS) is 13.9. The van der Waals surface area contributed by atoms with Gasteiger partial charge in [-0.05, 0) is 25.0 Å². The molecule has 5 nitrogen and oxygen atoms in total. The molecule has 0 radical (unpaired) electrons. The van der Waals surface area contributed by atoms with Gasteiger partial charge in [-0.3, -0.25) is 4.79 Å². The molecule has 2 N–H and O–H groups in total. The van der Waals surface area contributed by atoms with Crippen LogP contribution < -0.4 is 10.6 Å². The van der Waals surface area contributed by atoms with Crippen molar-refractivity contribution in [2.75, 3.05) is 10.6 Å². The Morgan fingerprint density at radius 2 is 1.89 bits per heavy atom. The molecule has 0 saturated heterocycles. The van der Waals surface area contributed by atoms with Crippen molar-refractivity contribution in [3.05, 3.63) is 48.4 Å². The highest BCUT2D eigenvalue weighted by molar-refractivity contribution is 6.02. The quantitative estimate of drug-likeness (QED) is 0.878. The Labute approximate surface area is 111 Å². The van der Waals surface area contributed by atoms with Crippen LogP contribution in [0.1, 0.15) is 23.3 Å². The number of hydrogen-bond acceptors (Lipinski definition) is 4. The summed E-state index contributed by atoms with van der Waals surface area (Å²) in [4.78, 5) is 20.2. The SMILES string of the molecule is O=C(Nc1ccccc1)c1cnc(NC2CC2)cn1. The van der Waals surface area contributed by atoms with Crippen molar-refractivity contribution >= 4 is 17.4 Å². The van der Waals surface area contributed by atoms with Gasteiger partial charge in [0.25, 0.3) is 5.91 Å². The molecule has 0 aliphatic heterocycles. The predicted octanol–water partition coefficient (Wildman–Crippen LogP) is 2.30. The third-order valence-electron chi connectivity index (χ3n) is 2.85. The molecule has 19 heavy (non-hydrogen) atoms. The van der Waals surface area contributed by atoms with Crippen LogP contribution in [0.2, 0.25) is 0 Å². The smallest absolute Gasteiger partial charge is 0.275 e. The summed E-state index contributed by atoms with van der Waals surface area (Å²) in [7, 11) is 0. The first-order valence-electron chi connectivity index (χ1n) is 6.26. The summed E-state index contributed by atoms with van der Waals surface area (Å²) in [6.45, 7) is 0. The van der Waals surface area contributed by atoms with Crippen molar-refractivity contribution in [1.29, 1.82) is 0 Å². The number of aromatic nitrogens is 2. The maximum atomic E-state index is 11.9. The Balaban J connectivity index is 1.65. The fourth-order valence-corrected chi connectivity index (χ4v) is 1.67. The molecule has 1 aromatic carbocycles. The van der Waals surface area contributed by atoms with E-state index in [0.717, 1.165) is 11.5 Å². The van der Waals surface area contributed by atoms with E-state index < -0.39 is 0 Å². The van der Waals surface area contributed by atoms with Gasteiger partial charge in [0.15, 0.2) is 0 Å². The number of nitrogens with zero attached hydrogens (tertiary/aromatic N) is 2. The van der Waals surface area contributed by atoms with Crippen molar-refractivity contribution in [2.24, 2.45) is 0 Å². The van der Waals surface area contributed by atoms with E-state index in [4.69, 9.17) is 0 Å². The average molecular weight is 254 g/mol. The number of hydrogen-bond donors (Lipinski definition) is 2. The van der Waals surface area contributed by atoms with Gasteiger partial charge in [-0.2, -0.15) is 0 Å². The molecule has 0 unspecified atom stereocenters. The molecule has 1 saturated carbocycles. The topological polar surface area (TPSA) is 66.9 Å². The highest BCUT2D eigenvalue weighted by atomic mass is 16.1. The number of para-hydroxylation sites is 1. The molecule has 96 valence electrons. The minimum absolute atomic E-state index is 0.253. The average Bonchev–Trinajstić information content (AvgIpc) is 3.25. The summed E-state index contributed by atoms with van der Waals surface area (Å²) in [5.41, 5.74) is 1.06. The van der Waals surface area contributed by atoms with Crippen LogP contribution in [0, 0.1) is 0 Å². The zero-order valence-electron chi connectivity index (χ0n) is 10.3. The third kappa shape index (κ3) is 3.07. The van der Waals surface area contributed by atoms with Crippen LogP contribution in [-0.4, -0.2) is 21.9 Å². The molecular formula is C14H14N4O. The lowest BCUT2D eigenvalue weighted by molar-refractivity contribution is 0.102. The molecule has 2 aromatic rings. The Kier molecular flexibility index (Phi) is 3.10. The van der Waals surface area contributed by atoms with Crippen molar-refractivity contribution < 1.29 is 4.79 Å².